The lowest BCUT2D eigenvalue weighted by molar-refractivity contribution is -0.140. The molecule has 0 aromatic carbocycles. The zero-order chi connectivity index (χ0) is 17.7. The molecule has 1 aliphatic heterocycles. The van der Waals surface area contributed by atoms with Gasteiger partial charge in [-0.25, -0.2) is 8.42 Å². The van der Waals surface area contributed by atoms with Gasteiger partial charge in [0.05, 0.1) is 25.4 Å². The average Bonchev–Trinajstić information content (AvgIpc) is 2.98. The van der Waals surface area contributed by atoms with Crippen molar-refractivity contribution in [3.8, 4) is 0 Å². The highest BCUT2D eigenvalue weighted by atomic mass is 32.2. The van der Waals surface area contributed by atoms with Crippen LogP contribution < -0.4 is 0 Å². The summed E-state index contributed by atoms with van der Waals surface area (Å²) in [5.41, 5.74) is 0. The van der Waals surface area contributed by atoms with Gasteiger partial charge in [-0.15, -0.1) is 11.3 Å². The number of thiophene rings is 1. The molecule has 10 heteroatoms. The van der Waals surface area contributed by atoms with Gasteiger partial charge in [0, 0.05) is 24.5 Å². The number of carbonyl (C=O) groups is 2. The molecule has 1 aliphatic rings. The molecule has 0 aliphatic carbocycles. The molecule has 1 N–H and O–H groups in total. The van der Waals surface area contributed by atoms with Gasteiger partial charge < -0.3 is 14.7 Å². The van der Waals surface area contributed by atoms with E-state index in [1.165, 1.54) is 11.3 Å². The molecular weight excluding hydrogens is 356 g/mol. The van der Waals surface area contributed by atoms with E-state index in [0.29, 0.717) is 19.6 Å². The Morgan fingerprint density at radius 1 is 1.50 bits per heavy atom. The first-order chi connectivity index (χ1) is 11.3. The van der Waals surface area contributed by atoms with Crippen molar-refractivity contribution in [1.82, 2.24) is 9.21 Å². The van der Waals surface area contributed by atoms with E-state index in [9.17, 15) is 18.0 Å². The Labute approximate surface area is 144 Å². The molecule has 1 amide bonds. The van der Waals surface area contributed by atoms with Crippen LogP contribution in [0.1, 0.15) is 4.88 Å². The van der Waals surface area contributed by atoms with Crippen molar-refractivity contribution in [1.29, 1.82) is 0 Å². The third-order valence-electron chi connectivity index (χ3n) is 3.58. The van der Waals surface area contributed by atoms with E-state index < -0.39 is 28.6 Å². The Bertz CT molecular complexity index is 673. The summed E-state index contributed by atoms with van der Waals surface area (Å²) in [5, 5.41) is 10.8. The van der Waals surface area contributed by atoms with Crippen molar-refractivity contribution < 1.29 is 27.9 Å². The highest BCUT2D eigenvalue weighted by Gasteiger charge is 2.29. The summed E-state index contributed by atoms with van der Waals surface area (Å²) in [6.45, 7) is 0.273. The fraction of sp³-hybridized carbons (Fsp3) is 0.571. The van der Waals surface area contributed by atoms with E-state index in [1.807, 2.05) is 17.5 Å². The zero-order valence-electron chi connectivity index (χ0n) is 13.3. The molecule has 134 valence electrons. The van der Waals surface area contributed by atoms with Crippen molar-refractivity contribution in [3.05, 3.63) is 22.4 Å². The number of ether oxygens (including phenoxy) is 1. The molecule has 2 rings (SSSR count). The van der Waals surface area contributed by atoms with Crippen LogP contribution >= 0.6 is 11.3 Å². The Morgan fingerprint density at radius 3 is 2.83 bits per heavy atom. The van der Waals surface area contributed by atoms with Gasteiger partial charge in [0.2, 0.25) is 15.9 Å². The van der Waals surface area contributed by atoms with Crippen LogP contribution in [0.3, 0.4) is 0 Å². The van der Waals surface area contributed by atoms with Crippen LogP contribution in [0.4, 0.5) is 0 Å². The number of hydrogen-bond donors (Lipinski definition) is 1. The number of carboxylic acids is 1. The molecule has 24 heavy (non-hydrogen) atoms. The van der Waals surface area contributed by atoms with Crippen molar-refractivity contribution in [3.63, 3.8) is 0 Å². The van der Waals surface area contributed by atoms with Gasteiger partial charge in [-0.2, -0.15) is 4.31 Å². The van der Waals surface area contributed by atoms with Crippen molar-refractivity contribution in [2.75, 3.05) is 39.0 Å². The Morgan fingerprint density at radius 2 is 2.25 bits per heavy atom. The number of amides is 1. The summed E-state index contributed by atoms with van der Waals surface area (Å²) in [7, 11) is -3.67. The summed E-state index contributed by atoms with van der Waals surface area (Å²) in [6, 6.07) is 3.77. The number of carbonyl (C=O) groups excluding carboxylic acids is 1. The van der Waals surface area contributed by atoms with Gasteiger partial charge in [-0.3, -0.25) is 9.59 Å². The summed E-state index contributed by atoms with van der Waals surface area (Å²) >= 11 is 1.51. The SMILES string of the molecule is CS(=O)(=O)N(CC(=O)O)C[C@@H]1CN(C(=O)Cc2cccs2)CCO1. The van der Waals surface area contributed by atoms with E-state index in [4.69, 9.17) is 9.84 Å². The number of carboxylic acid groups (broad SMARTS) is 1. The Kier molecular flexibility index (Phi) is 6.33. The van der Waals surface area contributed by atoms with Gasteiger partial charge in [-0.05, 0) is 11.4 Å². The van der Waals surface area contributed by atoms with Gasteiger partial charge >= 0.3 is 5.97 Å². The van der Waals surface area contributed by atoms with Crippen LogP contribution in [0.2, 0.25) is 0 Å². The van der Waals surface area contributed by atoms with Gasteiger partial charge in [-0.1, -0.05) is 6.07 Å². The maximum Gasteiger partial charge on any atom is 0.318 e. The second-order valence-corrected chi connectivity index (χ2v) is 8.55. The van der Waals surface area contributed by atoms with Crippen LogP contribution in [-0.4, -0.2) is 79.8 Å². The maximum absolute atomic E-state index is 12.3. The summed E-state index contributed by atoms with van der Waals surface area (Å²) in [4.78, 5) is 25.8. The molecule has 0 radical (unpaired) electrons. The largest absolute Gasteiger partial charge is 0.480 e. The fourth-order valence-corrected chi connectivity index (χ4v) is 3.90. The molecule has 0 unspecified atom stereocenters. The van der Waals surface area contributed by atoms with Crippen LogP contribution in [-0.2, 0) is 30.8 Å². The molecule has 1 atom stereocenters. The minimum atomic E-state index is -3.67. The number of nitrogens with zero attached hydrogens (tertiary/aromatic N) is 2. The highest BCUT2D eigenvalue weighted by molar-refractivity contribution is 7.88. The zero-order valence-corrected chi connectivity index (χ0v) is 14.9. The molecule has 8 nitrogen and oxygen atoms in total. The molecular formula is C14H20N2O6S2. The molecule has 1 saturated heterocycles. The maximum atomic E-state index is 12.3. The molecule has 0 spiro atoms. The number of sulfonamides is 1. The number of morpholine rings is 1. The van der Waals surface area contributed by atoms with Gasteiger partial charge in [0.15, 0.2) is 0 Å². The average molecular weight is 376 g/mol. The third kappa shape index (κ3) is 5.55. The number of aliphatic carboxylic acids is 1. The predicted octanol–water partition coefficient (Wildman–Crippen LogP) is -0.136. The van der Waals surface area contributed by atoms with Crippen LogP contribution in [0.15, 0.2) is 17.5 Å². The third-order valence-corrected chi connectivity index (χ3v) is 5.68. The summed E-state index contributed by atoms with van der Waals surface area (Å²) in [5.74, 6) is -1.28. The number of hydrogen-bond acceptors (Lipinski definition) is 6. The molecule has 0 bridgehead atoms. The predicted molar refractivity (Wildman–Crippen MR) is 88.4 cm³/mol. The lowest BCUT2D eigenvalue weighted by Crippen LogP contribution is -2.51. The van der Waals surface area contributed by atoms with E-state index in [2.05, 4.69) is 0 Å². The first-order valence-electron chi connectivity index (χ1n) is 7.34. The minimum absolute atomic E-state index is 0.0464. The first-order valence-corrected chi connectivity index (χ1v) is 10.1. The second kappa shape index (κ2) is 8.06. The van der Waals surface area contributed by atoms with E-state index in [0.717, 1.165) is 15.4 Å². The lowest BCUT2D eigenvalue weighted by Gasteiger charge is -2.34. The highest BCUT2D eigenvalue weighted by Crippen LogP contribution is 2.14. The molecule has 2 heterocycles. The second-order valence-electron chi connectivity index (χ2n) is 5.54. The summed E-state index contributed by atoms with van der Waals surface area (Å²) < 4.78 is 29.8. The molecule has 1 aromatic rings. The quantitative estimate of drug-likeness (QED) is 0.711. The topological polar surface area (TPSA) is 104 Å². The Balaban J connectivity index is 1.96. The van der Waals surface area contributed by atoms with E-state index in [1.54, 1.807) is 4.90 Å². The van der Waals surface area contributed by atoms with Crippen LogP contribution in [0.5, 0.6) is 0 Å². The lowest BCUT2D eigenvalue weighted by atomic mass is 10.2. The van der Waals surface area contributed by atoms with E-state index >= 15 is 0 Å². The number of rotatable bonds is 7. The summed E-state index contributed by atoms with van der Waals surface area (Å²) in [6.07, 6.45) is 0.716. The van der Waals surface area contributed by atoms with E-state index in [-0.39, 0.29) is 19.0 Å². The minimum Gasteiger partial charge on any atom is -0.480 e. The fourth-order valence-electron chi connectivity index (χ4n) is 2.43. The van der Waals surface area contributed by atoms with Gasteiger partial charge in [0.1, 0.15) is 6.54 Å². The van der Waals surface area contributed by atoms with Crippen molar-refractivity contribution in [2.24, 2.45) is 0 Å². The van der Waals surface area contributed by atoms with Crippen LogP contribution in [0.25, 0.3) is 0 Å². The monoisotopic (exact) mass is 376 g/mol. The standard InChI is InChI=1S/C14H20N2O6S2/c1-24(20,21)16(10-14(18)19)9-11-8-15(4-5-22-11)13(17)7-12-3-2-6-23-12/h2-3,6,11H,4-5,7-10H2,1H3,(H,18,19)/t11-/m0/s1. The molecule has 1 fully saturated rings. The normalized spacial score (nSPS) is 18.8. The van der Waals surface area contributed by atoms with Crippen molar-refractivity contribution >= 4 is 33.2 Å². The van der Waals surface area contributed by atoms with Crippen LogP contribution in [0, 0.1) is 0 Å². The molecule has 1 aromatic heterocycles. The van der Waals surface area contributed by atoms with Gasteiger partial charge in [0.25, 0.3) is 0 Å². The van der Waals surface area contributed by atoms with Crippen molar-refractivity contribution in [2.45, 2.75) is 12.5 Å². The Hall–Kier alpha value is -1.49. The first kappa shape index (κ1) is 18.8. The molecule has 0 saturated carbocycles. The smallest absolute Gasteiger partial charge is 0.318 e.